The van der Waals surface area contributed by atoms with Gasteiger partial charge >= 0.3 is 0 Å². The van der Waals surface area contributed by atoms with Gasteiger partial charge in [-0.05, 0) is 25.0 Å². The topological polar surface area (TPSA) is 41.9 Å². The van der Waals surface area contributed by atoms with Crippen molar-refractivity contribution in [3.63, 3.8) is 0 Å². The van der Waals surface area contributed by atoms with Crippen LogP contribution in [0.5, 0.6) is 0 Å². The molecule has 154 valence electrons. The summed E-state index contributed by atoms with van der Waals surface area (Å²) < 4.78 is 26.1. The van der Waals surface area contributed by atoms with Gasteiger partial charge in [-0.15, -0.1) is 0 Å². The molecule has 4 nitrogen and oxygen atoms in total. The summed E-state index contributed by atoms with van der Waals surface area (Å²) in [5, 5.41) is 8.72. The molecule has 0 aliphatic rings. The molecule has 0 bridgehead atoms. The van der Waals surface area contributed by atoms with Gasteiger partial charge in [0.1, 0.15) is 6.17 Å². The standard InChI is InChI=1S/C23H32FNO3/c1-23(2,28-16-15-27-14-13-26)22(24)19-25(17-20-9-5-3-6-10-20)18-21-11-7-4-8-12-21/h3-12,22,26H,13-19H2,1-2H3. The zero-order chi connectivity index (χ0) is 20.2. The van der Waals surface area contributed by atoms with Crippen molar-refractivity contribution in [2.75, 3.05) is 33.0 Å². The van der Waals surface area contributed by atoms with E-state index in [2.05, 4.69) is 29.2 Å². The van der Waals surface area contributed by atoms with Crippen LogP contribution < -0.4 is 0 Å². The van der Waals surface area contributed by atoms with Crippen LogP contribution in [0.1, 0.15) is 25.0 Å². The Morgan fingerprint density at radius 2 is 1.43 bits per heavy atom. The number of aliphatic hydroxyl groups is 1. The number of alkyl halides is 1. The van der Waals surface area contributed by atoms with E-state index in [9.17, 15) is 0 Å². The molecule has 5 heteroatoms. The van der Waals surface area contributed by atoms with Crippen molar-refractivity contribution in [2.45, 2.75) is 38.7 Å². The lowest BCUT2D eigenvalue weighted by Crippen LogP contribution is -2.44. The highest BCUT2D eigenvalue weighted by molar-refractivity contribution is 5.17. The van der Waals surface area contributed by atoms with Gasteiger partial charge in [0.2, 0.25) is 0 Å². The Hall–Kier alpha value is -1.79. The van der Waals surface area contributed by atoms with Crippen LogP contribution in [0.3, 0.4) is 0 Å². The molecular weight excluding hydrogens is 357 g/mol. The van der Waals surface area contributed by atoms with Crippen molar-refractivity contribution in [3.8, 4) is 0 Å². The predicted octanol–water partition coefficient (Wildman–Crippen LogP) is 3.83. The smallest absolute Gasteiger partial charge is 0.141 e. The molecule has 2 aromatic carbocycles. The first kappa shape index (κ1) is 22.5. The average molecular weight is 390 g/mol. The molecule has 0 fully saturated rings. The van der Waals surface area contributed by atoms with Crippen molar-refractivity contribution in [1.82, 2.24) is 4.90 Å². The Morgan fingerprint density at radius 1 is 0.893 bits per heavy atom. The summed E-state index contributed by atoms with van der Waals surface area (Å²) in [6.07, 6.45) is -1.15. The van der Waals surface area contributed by atoms with Gasteiger partial charge in [-0.1, -0.05) is 60.7 Å². The molecule has 1 atom stereocenters. The molecule has 2 rings (SSSR count). The van der Waals surface area contributed by atoms with Crippen LogP contribution in [0.2, 0.25) is 0 Å². The maximum atomic E-state index is 15.2. The Kier molecular flexibility index (Phi) is 9.58. The molecule has 2 aromatic rings. The molecule has 28 heavy (non-hydrogen) atoms. The van der Waals surface area contributed by atoms with Gasteiger partial charge in [-0.2, -0.15) is 0 Å². The van der Waals surface area contributed by atoms with Crippen LogP contribution in [0, 0.1) is 0 Å². The molecule has 1 N–H and O–H groups in total. The molecular formula is C23H32FNO3. The number of halogens is 1. The lowest BCUT2D eigenvalue weighted by Gasteiger charge is -2.33. The van der Waals surface area contributed by atoms with E-state index in [4.69, 9.17) is 14.6 Å². The van der Waals surface area contributed by atoms with Crippen LogP contribution in [0.15, 0.2) is 60.7 Å². The van der Waals surface area contributed by atoms with Gasteiger partial charge in [0.25, 0.3) is 0 Å². The van der Waals surface area contributed by atoms with E-state index in [1.165, 1.54) is 0 Å². The van der Waals surface area contributed by atoms with Crippen LogP contribution in [0.4, 0.5) is 4.39 Å². The molecule has 0 saturated heterocycles. The van der Waals surface area contributed by atoms with Gasteiger partial charge in [0, 0.05) is 19.6 Å². The number of rotatable bonds is 13. The highest BCUT2D eigenvalue weighted by Gasteiger charge is 2.32. The predicted molar refractivity (Wildman–Crippen MR) is 110 cm³/mol. The molecule has 0 aliphatic carbocycles. The monoisotopic (exact) mass is 389 g/mol. The summed E-state index contributed by atoms with van der Waals surface area (Å²) in [5.41, 5.74) is 1.39. The third-order valence-corrected chi connectivity index (χ3v) is 4.61. The van der Waals surface area contributed by atoms with Gasteiger partial charge in [0.15, 0.2) is 0 Å². The highest BCUT2D eigenvalue weighted by atomic mass is 19.1. The van der Waals surface area contributed by atoms with E-state index < -0.39 is 11.8 Å². The highest BCUT2D eigenvalue weighted by Crippen LogP contribution is 2.21. The number of benzene rings is 2. The Bertz CT molecular complexity index is 610. The molecule has 0 aromatic heterocycles. The van der Waals surface area contributed by atoms with Gasteiger partial charge in [-0.25, -0.2) is 4.39 Å². The summed E-state index contributed by atoms with van der Waals surface area (Å²) >= 11 is 0. The summed E-state index contributed by atoms with van der Waals surface area (Å²) in [6.45, 7) is 6.04. The Labute approximate surface area is 167 Å². The van der Waals surface area contributed by atoms with Gasteiger partial charge < -0.3 is 14.6 Å². The first-order valence-corrected chi connectivity index (χ1v) is 9.78. The van der Waals surface area contributed by atoms with Crippen molar-refractivity contribution >= 4 is 0 Å². The van der Waals surface area contributed by atoms with E-state index in [0.717, 1.165) is 11.1 Å². The van der Waals surface area contributed by atoms with E-state index in [1.54, 1.807) is 13.8 Å². The van der Waals surface area contributed by atoms with Gasteiger partial charge in [0.05, 0.1) is 32.0 Å². The maximum Gasteiger partial charge on any atom is 0.141 e. The molecule has 1 unspecified atom stereocenters. The molecule has 0 radical (unpaired) electrons. The molecule has 0 spiro atoms. The first-order chi connectivity index (χ1) is 13.5. The molecule has 0 heterocycles. The zero-order valence-corrected chi connectivity index (χ0v) is 16.9. The first-order valence-electron chi connectivity index (χ1n) is 9.78. The summed E-state index contributed by atoms with van der Waals surface area (Å²) in [5.74, 6) is 0. The lowest BCUT2D eigenvalue weighted by atomic mass is 10.0. The van der Waals surface area contributed by atoms with Crippen LogP contribution in [-0.4, -0.2) is 54.8 Å². The quantitative estimate of drug-likeness (QED) is 0.529. The largest absolute Gasteiger partial charge is 0.394 e. The number of nitrogens with zero attached hydrogens (tertiary/aromatic N) is 1. The van der Waals surface area contributed by atoms with Crippen molar-refractivity contribution < 1.29 is 19.0 Å². The molecule has 0 aliphatic heterocycles. The fourth-order valence-electron chi connectivity index (χ4n) is 2.94. The second-order valence-electron chi connectivity index (χ2n) is 7.40. The minimum absolute atomic E-state index is 0.0247. The summed E-state index contributed by atoms with van der Waals surface area (Å²) in [4.78, 5) is 2.11. The molecule has 0 saturated carbocycles. The summed E-state index contributed by atoms with van der Waals surface area (Å²) in [6, 6.07) is 20.2. The number of aliphatic hydroxyl groups excluding tert-OH is 1. The van der Waals surface area contributed by atoms with Crippen LogP contribution >= 0.6 is 0 Å². The summed E-state index contributed by atoms with van der Waals surface area (Å²) in [7, 11) is 0. The van der Waals surface area contributed by atoms with Gasteiger partial charge in [-0.3, -0.25) is 4.90 Å². The third kappa shape index (κ3) is 8.07. The van der Waals surface area contributed by atoms with Crippen molar-refractivity contribution in [1.29, 1.82) is 0 Å². The maximum absolute atomic E-state index is 15.2. The van der Waals surface area contributed by atoms with E-state index >= 15 is 4.39 Å². The molecule has 0 amide bonds. The van der Waals surface area contributed by atoms with Crippen molar-refractivity contribution in [2.24, 2.45) is 0 Å². The Morgan fingerprint density at radius 3 is 1.93 bits per heavy atom. The number of hydrogen-bond acceptors (Lipinski definition) is 4. The number of hydrogen-bond donors (Lipinski definition) is 1. The third-order valence-electron chi connectivity index (χ3n) is 4.61. The second kappa shape index (κ2) is 11.9. The fourth-order valence-corrected chi connectivity index (χ4v) is 2.94. The van der Waals surface area contributed by atoms with Crippen LogP contribution in [-0.2, 0) is 22.6 Å². The van der Waals surface area contributed by atoms with E-state index in [-0.39, 0.29) is 19.8 Å². The minimum Gasteiger partial charge on any atom is -0.394 e. The van der Waals surface area contributed by atoms with Crippen LogP contribution in [0.25, 0.3) is 0 Å². The zero-order valence-electron chi connectivity index (χ0n) is 16.9. The second-order valence-corrected chi connectivity index (χ2v) is 7.40. The van der Waals surface area contributed by atoms with E-state index in [0.29, 0.717) is 26.3 Å². The Balaban J connectivity index is 1.97. The van der Waals surface area contributed by atoms with E-state index in [1.807, 2.05) is 36.4 Å². The average Bonchev–Trinajstić information content (AvgIpc) is 2.69. The lowest BCUT2D eigenvalue weighted by molar-refractivity contribution is -0.0961. The SMILES string of the molecule is CC(C)(OCCOCCO)C(F)CN(Cc1ccccc1)Cc1ccccc1. The fraction of sp³-hybridized carbons (Fsp3) is 0.478. The normalized spacial score (nSPS) is 13.0. The number of ether oxygens (including phenoxy) is 2. The van der Waals surface area contributed by atoms with Crippen molar-refractivity contribution in [3.05, 3.63) is 71.8 Å². The minimum atomic E-state index is -1.15.